The Morgan fingerprint density at radius 1 is 1.40 bits per heavy atom. The number of nitrogens with one attached hydrogen (secondary N) is 2. The van der Waals surface area contributed by atoms with Gasteiger partial charge in [-0.3, -0.25) is 4.79 Å². The van der Waals surface area contributed by atoms with Crippen molar-refractivity contribution in [3.63, 3.8) is 0 Å². The van der Waals surface area contributed by atoms with Crippen molar-refractivity contribution in [1.29, 1.82) is 0 Å². The molecular formula is C9H17F3N2O. The molecule has 0 heterocycles. The second-order valence-electron chi connectivity index (χ2n) is 3.38. The number of alkyl halides is 3. The highest BCUT2D eigenvalue weighted by Crippen LogP contribution is 2.21. The van der Waals surface area contributed by atoms with Crippen LogP contribution >= 0.6 is 0 Å². The summed E-state index contributed by atoms with van der Waals surface area (Å²) in [6.45, 7) is 4.04. The van der Waals surface area contributed by atoms with Crippen LogP contribution in [0.3, 0.4) is 0 Å². The lowest BCUT2D eigenvalue weighted by Gasteiger charge is -2.15. The van der Waals surface area contributed by atoms with E-state index in [0.29, 0.717) is 6.54 Å². The zero-order valence-corrected chi connectivity index (χ0v) is 8.95. The maximum Gasteiger partial charge on any atom is 0.390 e. The minimum absolute atomic E-state index is 0.149. The van der Waals surface area contributed by atoms with Crippen LogP contribution in [0.15, 0.2) is 0 Å². The summed E-state index contributed by atoms with van der Waals surface area (Å²) in [6.07, 6.45) is -4.82. The average Bonchev–Trinajstić information content (AvgIpc) is 2.00. The van der Waals surface area contributed by atoms with Crippen molar-refractivity contribution in [3.05, 3.63) is 0 Å². The Bertz CT molecular complexity index is 194. The van der Waals surface area contributed by atoms with Gasteiger partial charge >= 0.3 is 6.18 Å². The van der Waals surface area contributed by atoms with Gasteiger partial charge in [0.1, 0.15) is 0 Å². The zero-order valence-electron chi connectivity index (χ0n) is 8.95. The molecule has 0 saturated carbocycles. The first-order valence-electron chi connectivity index (χ1n) is 4.92. The number of halogens is 3. The third-order valence-corrected chi connectivity index (χ3v) is 1.76. The van der Waals surface area contributed by atoms with Gasteiger partial charge in [0.25, 0.3) is 0 Å². The molecule has 0 aliphatic carbocycles. The highest BCUT2D eigenvalue weighted by atomic mass is 19.4. The highest BCUT2D eigenvalue weighted by molar-refractivity contribution is 5.75. The van der Waals surface area contributed by atoms with E-state index in [-0.39, 0.29) is 18.9 Å². The lowest BCUT2D eigenvalue weighted by molar-refractivity contribution is -0.139. The molecule has 0 saturated heterocycles. The average molecular weight is 226 g/mol. The molecule has 1 unspecified atom stereocenters. The van der Waals surface area contributed by atoms with E-state index in [2.05, 4.69) is 10.6 Å². The largest absolute Gasteiger partial charge is 0.390 e. The Labute approximate surface area is 87.4 Å². The first-order chi connectivity index (χ1) is 6.85. The van der Waals surface area contributed by atoms with Gasteiger partial charge in [-0.25, -0.2) is 0 Å². The van der Waals surface area contributed by atoms with Crippen LogP contribution in [0.4, 0.5) is 13.2 Å². The van der Waals surface area contributed by atoms with Crippen molar-refractivity contribution in [2.75, 3.05) is 13.1 Å². The number of hydrogen-bond donors (Lipinski definition) is 2. The first kappa shape index (κ1) is 14.2. The number of rotatable bonds is 6. The van der Waals surface area contributed by atoms with Crippen LogP contribution < -0.4 is 10.6 Å². The van der Waals surface area contributed by atoms with E-state index in [1.54, 1.807) is 6.92 Å². The third-order valence-electron chi connectivity index (χ3n) is 1.76. The minimum Gasteiger partial charge on any atom is -0.356 e. The van der Waals surface area contributed by atoms with E-state index < -0.39 is 18.6 Å². The van der Waals surface area contributed by atoms with E-state index in [4.69, 9.17) is 0 Å². The monoisotopic (exact) mass is 226 g/mol. The summed E-state index contributed by atoms with van der Waals surface area (Å²) in [7, 11) is 0. The second-order valence-corrected chi connectivity index (χ2v) is 3.38. The van der Waals surface area contributed by atoms with Gasteiger partial charge in [-0.2, -0.15) is 13.2 Å². The summed E-state index contributed by atoms with van der Waals surface area (Å²) in [5.41, 5.74) is 0. The molecule has 0 aliphatic heterocycles. The predicted molar refractivity (Wildman–Crippen MR) is 51.4 cm³/mol. The normalized spacial score (nSPS) is 13.7. The molecule has 0 rings (SSSR count). The standard InChI is InChI=1S/C9H17F3N2O/c1-3-13-8(15)4-5-14-7(2)6-9(10,11)12/h7,14H,3-6H2,1-2H3,(H,13,15). The molecule has 6 heteroatoms. The van der Waals surface area contributed by atoms with Crippen LogP contribution in [0.1, 0.15) is 26.7 Å². The molecule has 1 amide bonds. The second kappa shape index (κ2) is 6.66. The summed E-state index contributed by atoms with van der Waals surface area (Å²) in [6, 6.07) is -0.653. The summed E-state index contributed by atoms with van der Waals surface area (Å²) in [4.78, 5) is 10.9. The molecule has 0 aromatic rings. The summed E-state index contributed by atoms with van der Waals surface area (Å²) >= 11 is 0. The van der Waals surface area contributed by atoms with Crippen LogP contribution in [0.5, 0.6) is 0 Å². The molecule has 0 aromatic carbocycles. The van der Waals surface area contributed by atoms with Gasteiger partial charge in [-0.1, -0.05) is 0 Å². The molecule has 0 bridgehead atoms. The maximum atomic E-state index is 11.9. The Kier molecular flexibility index (Phi) is 6.31. The summed E-state index contributed by atoms with van der Waals surface area (Å²) in [5.74, 6) is -0.149. The Morgan fingerprint density at radius 2 is 2.00 bits per heavy atom. The van der Waals surface area contributed by atoms with E-state index in [1.807, 2.05) is 0 Å². The van der Waals surface area contributed by atoms with Crippen molar-refractivity contribution in [2.45, 2.75) is 38.9 Å². The third kappa shape index (κ3) is 9.52. The van der Waals surface area contributed by atoms with Crippen LogP contribution in [-0.4, -0.2) is 31.2 Å². The fourth-order valence-corrected chi connectivity index (χ4v) is 1.14. The number of amides is 1. The van der Waals surface area contributed by atoms with E-state index >= 15 is 0 Å². The summed E-state index contributed by atoms with van der Waals surface area (Å²) in [5, 5.41) is 5.21. The van der Waals surface area contributed by atoms with Crippen molar-refractivity contribution in [2.24, 2.45) is 0 Å². The Balaban J connectivity index is 3.55. The SMILES string of the molecule is CCNC(=O)CCNC(C)CC(F)(F)F. The van der Waals surface area contributed by atoms with Crippen LogP contribution in [-0.2, 0) is 4.79 Å². The fraction of sp³-hybridized carbons (Fsp3) is 0.889. The first-order valence-corrected chi connectivity index (χ1v) is 4.92. The molecule has 90 valence electrons. The lowest BCUT2D eigenvalue weighted by atomic mass is 10.2. The van der Waals surface area contributed by atoms with Gasteiger partial charge in [0.05, 0.1) is 6.42 Å². The van der Waals surface area contributed by atoms with Crippen molar-refractivity contribution < 1.29 is 18.0 Å². The number of carbonyl (C=O) groups is 1. The maximum absolute atomic E-state index is 11.9. The molecule has 0 spiro atoms. The van der Waals surface area contributed by atoms with Crippen molar-refractivity contribution >= 4 is 5.91 Å². The predicted octanol–water partition coefficient (Wildman–Crippen LogP) is 1.44. The highest BCUT2D eigenvalue weighted by Gasteiger charge is 2.29. The zero-order chi connectivity index (χ0) is 11.9. The van der Waals surface area contributed by atoms with E-state index in [9.17, 15) is 18.0 Å². The van der Waals surface area contributed by atoms with Crippen molar-refractivity contribution in [1.82, 2.24) is 10.6 Å². The van der Waals surface area contributed by atoms with Gasteiger partial charge in [0, 0.05) is 25.6 Å². The van der Waals surface area contributed by atoms with Crippen LogP contribution in [0.25, 0.3) is 0 Å². The molecule has 1 atom stereocenters. The van der Waals surface area contributed by atoms with E-state index in [1.165, 1.54) is 6.92 Å². The smallest absolute Gasteiger partial charge is 0.356 e. The van der Waals surface area contributed by atoms with Gasteiger partial charge in [0.15, 0.2) is 0 Å². The quantitative estimate of drug-likeness (QED) is 0.719. The van der Waals surface area contributed by atoms with Gasteiger partial charge in [-0.15, -0.1) is 0 Å². The molecule has 0 radical (unpaired) electrons. The number of carbonyl (C=O) groups excluding carboxylic acids is 1. The topological polar surface area (TPSA) is 41.1 Å². The van der Waals surface area contributed by atoms with Crippen molar-refractivity contribution in [3.8, 4) is 0 Å². The van der Waals surface area contributed by atoms with Gasteiger partial charge in [-0.05, 0) is 13.8 Å². The minimum atomic E-state index is -4.15. The molecule has 0 fully saturated rings. The van der Waals surface area contributed by atoms with Crippen LogP contribution in [0, 0.1) is 0 Å². The molecular weight excluding hydrogens is 209 g/mol. The molecule has 3 nitrogen and oxygen atoms in total. The van der Waals surface area contributed by atoms with Crippen LogP contribution in [0.2, 0.25) is 0 Å². The summed E-state index contributed by atoms with van der Waals surface area (Å²) < 4.78 is 35.7. The molecule has 0 aromatic heterocycles. The van der Waals surface area contributed by atoms with Gasteiger partial charge < -0.3 is 10.6 Å². The Hall–Kier alpha value is -0.780. The molecule has 15 heavy (non-hydrogen) atoms. The van der Waals surface area contributed by atoms with Gasteiger partial charge in [0.2, 0.25) is 5.91 Å². The van der Waals surface area contributed by atoms with E-state index in [0.717, 1.165) is 0 Å². The lowest BCUT2D eigenvalue weighted by Crippen LogP contribution is -2.34. The fourth-order valence-electron chi connectivity index (χ4n) is 1.14. The molecule has 2 N–H and O–H groups in total. The molecule has 0 aliphatic rings. The Morgan fingerprint density at radius 3 is 2.47 bits per heavy atom. The number of hydrogen-bond acceptors (Lipinski definition) is 2.